The molecule has 0 fully saturated rings. The molecule has 1 atom stereocenters. The molecular formula is C14H18N2O4S. The minimum Gasteiger partial charge on any atom is -0.343 e. The van der Waals surface area contributed by atoms with Crippen molar-refractivity contribution >= 4 is 22.2 Å². The Morgan fingerprint density at radius 2 is 1.95 bits per heavy atom. The summed E-state index contributed by atoms with van der Waals surface area (Å²) in [5.41, 5.74) is 0.264. The van der Waals surface area contributed by atoms with Gasteiger partial charge in [0.2, 0.25) is 10.0 Å². The zero-order valence-electron chi connectivity index (χ0n) is 11.7. The Morgan fingerprint density at radius 3 is 2.43 bits per heavy atom. The Morgan fingerprint density at radius 1 is 1.33 bits per heavy atom. The van der Waals surface area contributed by atoms with Gasteiger partial charge < -0.3 is 10.1 Å². The van der Waals surface area contributed by atoms with Crippen LogP contribution >= 0.6 is 0 Å². The van der Waals surface area contributed by atoms with Crippen LogP contribution < -0.4 is 10.5 Å². The number of sulfonamides is 1. The predicted molar refractivity (Wildman–Crippen MR) is 79.2 cm³/mol. The molecule has 114 valence electrons. The van der Waals surface area contributed by atoms with E-state index in [1.165, 1.54) is 24.3 Å². The van der Waals surface area contributed by atoms with Gasteiger partial charge in [0.1, 0.15) is 6.29 Å². The summed E-state index contributed by atoms with van der Waals surface area (Å²) in [5, 5.41) is 7.55. The number of nitrogens with two attached hydrogens (primary N) is 1. The molecule has 6 nitrogen and oxygen atoms in total. The summed E-state index contributed by atoms with van der Waals surface area (Å²) in [6, 6.07) is 4.62. The minimum absolute atomic E-state index is 0.0703. The van der Waals surface area contributed by atoms with E-state index in [1.807, 2.05) is 19.1 Å². The van der Waals surface area contributed by atoms with Crippen LogP contribution in [0.25, 0.3) is 0 Å². The molecule has 1 amide bonds. The van der Waals surface area contributed by atoms with E-state index in [2.05, 4.69) is 5.32 Å². The molecule has 7 heteroatoms. The fourth-order valence-corrected chi connectivity index (χ4v) is 2.18. The molecule has 21 heavy (non-hydrogen) atoms. The molecule has 1 aromatic carbocycles. The van der Waals surface area contributed by atoms with E-state index in [-0.39, 0.29) is 10.5 Å². The van der Waals surface area contributed by atoms with Gasteiger partial charge in [0.25, 0.3) is 5.91 Å². The first-order valence-corrected chi connectivity index (χ1v) is 7.93. The van der Waals surface area contributed by atoms with Gasteiger partial charge in [-0.05, 0) is 44.0 Å². The van der Waals surface area contributed by atoms with Crippen molar-refractivity contribution in [3.63, 3.8) is 0 Å². The van der Waals surface area contributed by atoms with E-state index in [9.17, 15) is 18.0 Å². The average Bonchev–Trinajstić information content (AvgIpc) is 2.45. The first-order valence-electron chi connectivity index (χ1n) is 6.38. The topological polar surface area (TPSA) is 106 Å². The Bertz CT molecular complexity index is 621. The van der Waals surface area contributed by atoms with E-state index in [0.717, 1.165) is 0 Å². The Hall–Kier alpha value is -1.99. The Labute approximate surface area is 124 Å². The van der Waals surface area contributed by atoms with Crippen molar-refractivity contribution < 1.29 is 18.0 Å². The van der Waals surface area contributed by atoms with Crippen LogP contribution in [-0.2, 0) is 14.8 Å². The number of allylic oxidation sites excluding steroid dienone is 2. The van der Waals surface area contributed by atoms with Crippen molar-refractivity contribution in [1.82, 2.24) is 5.32 Å². The number of carbonyl (C=O) groups excluding carboxylic acids is 2. The van der Waals surface area contributed by atoms with E-state index < -0.39 is 22.0 Å². The first-order chi connectivity index (χ1) is 9.88. The smallest absolute Gasteiger partial charge is 0.251 e. The second-order valence-corrected chi connectivity index (χ2v) is 5.99. The average molecular weight is 310 g/mol. The second-order valence-electron chi connectivity index (χ2n) is 4.43. The van der Waals surface area contributed by atoms with Gasteiger partial charge in [-0.3, -0.25) is 4.79 Å². The van der Waals surface area contributed by atoms with Gasteiger partial charge in [0.15, 0.2) is 0 Å². The summed E-state index contributed by atoms with van der Waals surface area (Å²) in [4.78, 5) is 22.8. The first kappa shape index (κ1) is 17.1. The second kappa shape index (κ2) is 7.70. The molecule has 0 bridgehead atoms. The number of aldehydes is 1. The molecular weight excluding hydrogens is 292 g/mol. The summed E-state index contributed by atoms with van der Waals surface area (Å²) in [6.07, 6.45) is 5.65. The number of carbonyl (C=O) groups is 2. The largest absolute Gasteiger partial charge is 0.343 e. The molecule has 0 aromatic heterocycles. The number of nitrogens with one attached hydrogen (secondary N) is 1. The number of hydrogen-bond acceptors (Lipinski definition) is 4. The van der Waals surface area contributed by atoms with E-state index in [4.69, 9.17) is 5.14 Å². The lowest BCUT2D eigenvalue weighted by molar-refractivity contribution is -0.109. The number of primary sulfonamides is 1. The third-order valence-electron chi connectivity index (χ3n) is 2.81. The van der Waals surface area contributed by atoms with E-state index in [0.29, 0.717) is 19.1 Å². The van der Waals surface area contributed by atoms with E-state index in [1.54, 1.807) is 0 Å². The van der Waals surface area contributed by atoms with Gasteiger partial charge >= 0.3 is 0 Å². The zero-order valence-corrected chi connectivity index (χ0v) is 12.5. The molecule has 0 radical (unpaired) electrons. The fourth-order valence-electron chi connectivity index (χ4n) is 1.66. The molecule has 0 heterocycles. The number of rotatable bonds is 7. The highest BCUT2D eigenvalue weighted by molar-refractivity contribution is 7.89. The molecule has 3 N–H and O–H groups in total. The van der Waals surface area contributed by atoms with Crippen LogP contribution in [0.1, 0.15) is 30.1 Å². The monoisotopic (exact) mass is 310 g/mol. The van der Waals surface area contributed by atoms with Gasteiger partial charge in [-0.1, -0.05) is 12.2 Å². The van der Waals surface area contributed by atoms with Gasteiger partial charge in [-0.2, -0.15) is 0 Å². The fraction of sp³-hybridized carbons (Fsp3) is 0.286. The van der Waals surface area contributed by atoms with Crippen LogP contribution in [0.5, 0.6) is 0 Å². The standard InChI is InChI=1S/C14H18N2O4S/c1-2-3-4-5-12(10-17)16-14(18)11-6-8-13(9-7-11)21(15,19)20/h2-3,6-10,12H,4-5H2,1H3,(H,16,18)(H2,15,19,20). The summed E-state index contributed by atoms with van der Waals surface area (Å²) >= 11 is 0. The summed E-state index contributed by atoms with van der Waals surface area (Å²) in [6.45, 7) is 1.88. The molecule has 1 aromatic rings. The van der Waals surface area contributed by atoms with Crippen LogP contribution in [0.2, 0.25) is 0 Å². The molecule has 0 spiro atoms. The highest BCUT2D eigenvalue weighted by Gasteiger charge is 2.14. The third kappa shape index (κ3) is 5.49. The lowest BCUT2D eigenvalue weighted by Crippen LogP contribution is -2.35. The van der Waals surface area contributed by atoms with Gasteiger partial charge in [0.05, 0.1) is 10.9 Å². The van der Waals surface area contributed by atoms with Crippen LogP contribution in [0.4, 0.5) is 0 Å². The molecule has 1 unspecified atom stereocenters. The quantitative estimate of drug-likeness (QED) is 0.578. The molecule has 1 rings (SSSR count). The minimum atomic E-state index is -3.78. The highest BCUT2D eigenvalue weighted by atomic mass is 32.2. The van der Waals surface area contributed by atoms with Gasteiger partial charge in [0, 0.05) is 5.56 Å². The van der Waals surface area contributed by atoms with Crippen molar-refractivity contribution in [1.29, 1.82) is 0 Å². The van der Waals surface area contributed by atoms with Crippen LogP contribution in [0.15, 0.2) is 41.3 Å². The van der Waals surface area contributed by atoms with Crippen molar-refractivity contribution in [2.24, 2.45) is 5.14 Å². The lowest BCUT2D eigenvalue weighted by atomic mass is 10.1. The number of hydrogen-bond donors (Lipinski definition) is 2. The molecule has 0 aliphatic heterocycles. The summed E-state index contributed by atoms with van der Waals surface area (Å²) in [7, 11) is -3.78. The molecule has 0 saturated carbocycles. The lowest BCUT2D eigenvalue weighted by Gasteiger charge is -2.11. The van der Waals surface area contributed by atoms with Gasteiger partial charge in [-0.15, -0.1) is 0 Å². The third-order valence-corrected chi connectivity index (χ3v) is 3.74. The molecule has 0 saturated heterocycles. The van der Waals surface area contributed by atoms with Crippen LogP contribution in [0, 0.1) is 0 Å². The van der Waals surface area contributed by atoms with Gasteiger partial charge in [-0.25, -0.2) is 13.6 Å². The normalized spacial score (nSPS) is 13.0. The zero-order chi connectivity index (χ0) is 15.9. The Balaban J connectivity index is 2.72. The molecule has 0 aliphatic rings. The van der Waals surface area contributed by atoms with Crippen molar-refractivity contribution in [3.8, 4) is 0 Å². The predicted octanol–water partition coefficient (Wildman–Crippen LogP) is 0.988. The number of amides is 1. The van der Waals surface area contributed by atoms with Crippen molar-refractivity contribution in [2.45, 2.75) is 30.7 Å². The summed E-state index contributed by atoms with van der Waals surface area (Å²) < 4.78 is 22.2. The van der Waals surface area contributed by atoms with Crippen molar-refractivity contribution in [2.75, 3.05) is 0 Å². The maximum atomic E-state index is 11.9. The van der Waals surface area contributed by atoms with Crippen LogP contribution in [0.3, 0.4) is 0 Å². The SMILES string of the molecule is CC=CCCC(C=O)NC(=O)c1ccc(S(N)(=O)=O)cc1. The van der Waals surface area contributed by atoms with Crippen LogP contribution in [-0.4, -0.2) is 26.7 Å². The molecule has 0 aliphatic carbocycles. The number of benzene rings is 1. The highest BCUT2D eigenvalue weighted by Crippen LogP contribution is 2.09. The van der Waals surface area contributed by atoms with Crippen molar-refractivity contribution in [3.05, 3.63) is 42.0 Å². The maximum absolute atomic E-state index is 11.9. The summed E-state index contributed by atoms with van der Waals surface area (Å²) in [5.74, 6) is -0.437. The maximum Gasteiger partial charge on any atom is 0.251 e. The Kier molecular flexibility index (Phi) is 6.26. The van der Waals surface area contributed by atoms with E-state index >= 15 is 0 Å².